The monoisotopic (exact) mass is 115 g/mol. The number of hydrogen-bond donors (Lipinski definition) is 0. The lowest BCUT2D eigenvalue weighted by Gasteiger charge is -1.98. The van der Waals surface area contributed by atoms with Gasteiger partial charge in [-0.15, -0.1) is 0 Å². The molecule has 0 amide bonds. The van der Waals surface area contributed by atoms with Gasteiger partial charge in [-0.1, -0.05) is 13.8 Å². The third-order valence-electron chi connectivity index (χ3n) is 0.572. The van der Waals surface area contributed by atoms with E-state index in [-0.39, 0.29) is 11.9 Å². The van der Waals surface area contributed by atoms with E-state index in [0.29, 0.717) is 0 Å². The van der Waals surface area contributed by atoms with Gasteiger partial charge >= 0.3 is 10.5 Å². The Bertz CT molecular complexity index is 70.1. The van der Waals surface area contributed by atoms with E-state index in [1.165, 1.54) is 0 Å². The van der Waals surface area contributed by atoms with Crippen LogP contribution in [0.25, 0.3) is 0 Å². The summed E-state index contributed by atoms with van der Waals surface area (Å²) in [6.07, 6.45) is 0. The van der Waals surface area contributed by atoms with Crippen LogP contribution in [0.3, 0.4) is 0 Å². The van der Waals surface area contributed by atoms with Crippen molar-refractivity contribution in [3.8, 4) is 0 Å². The van der Waals surface area contributed by atoms with Crippen LogP contribution in [-0.4, -0.2) is 16.5 Å². The summed E-state index contributed by atoms with van der Waals surface area (Å²) in [6, 6.07) is 0. The van der Waals surface area contributed by atoms with Crippen LogP contribution in [0.1, 0.15) is 13.8 Å². The Hall–Kier alpha value is -0.313. The highest BCUT2D eigenvalue weighted by molar-refractivity contribution is 6.05. The maximum absolute atomic E-state index is 10.2. The molecule has 3 radical (unpaired) electrons. The van der Waals surface area contributed by atoms with E-state index < -0.39 is 0 Å². The predicted molar refractivity (Wildman–Crippen MR) is 26.7 cm³/mol. The second-order valence-electron chi connectivity index (χ2n) is 1.58. The van der Waals surface area contributed by atoms with Crippen molar-refractivity contribution in [2.75, 3.05) is 0 Å². The first-order valence-corrected chi connectivity index (χ1v) is 2.46. The molecule has 0 saturated carbocycles. The van der Waals surface area contributed by atoms with Crippen LogP contribution in [0.2, 0.25) is 0 Å². The molecular weight excluding hydrogens is 108 g/mol. The molecule has 0 bridgehead atoms. The number of rotatable bonds is 1. The number of hydrogen-bond acceptors (Lipinski definition) is 2. The van der Waals surface area contributed by atoms with Crippen molar-refractivity contribution in [1.29, 1.82) is 0 Å². The predicted octanol–water partition coefficient (Wildman–Crippen LogP) is 0.269. The first-order chi connectivity index (χ1) is 3.18. The van der Waals surface area contributed by atoms with Crippen LogP contribution in [0.15, 0.2) is 0 Å². The fourth-order valence-corrected chi connectivity index (χ4v) is 0.354. The maximum atomic E-state index is 10.2. The van der Waals surface area contributed by atoms with Crippen LogP contribution in [0.4, 0.5) is 0 Å². The Morgan fingerprint density at radius 2 is 2.14 bits per heavy atom. The molecule has 0 aromatic heterocycles. The van der Waals surface area contributed by atoms with E-state index in [0.717, 1.165) is 0 Å². The van der Waals surface area contributed by atoms with Crippen LogP contribution in [0, 0.1) is 5.92 Å². The molecule has 2 nitrogen and oxygen atoms in total. The molecule has 0 aliphatic heterocycles. The molecule has 0 rings (SSSR count). The van der Waals surface area contributed by atoms with E-state index in [1.807, 2.05) is 0 Å². The summed E-state index contributed by atoms with van der Waals surface area (Å²) in [5, 5.41) is 0. The van der Waals surface area contributed by atoms with Crippen LogP contribution < -0.4 is 0 Å². The molecule has 0 saturated heterocycles. The molecule has 7 heavy (non-hydrogen) atoms. The number of carbonyl (C=O) groups is 1. The van der Waals surface area contributed by atoms with Gasteiger partial charge in [0.2, 0.25) is 0 Å². The standard InChI is InChI=1S/C4H7O2Si/c1-3(2)4(5)6-7/h3H,1-2H3. The summed E-state index contributed by atoms with van der Waals surface area (Å²) in [6.45, 7) is 3.53. The molecule has 0 heterocycles. The summed E-state index contributed by atoms with van der Waals surface area (Å²) >= 11 is 0. The molecule has 0 aromatic carbocycles. The fraction of sp³-hybridized carbons (Fsp3) is 0.750. The highest BCUT2D eigenvalue weighted by Crippen LogP contribution is 1.91. The van der Waals surface area contributed by atoms with Gasteiger partial charge in [0.15, 0.2) is 0 Å². The van der Waals surface area contributed by atoms with Gasteiger partial charge < -0.3 is 4.43 Å². The fourth-order valence-electron chi connectivity index (χ4n) is 0.118. The molecule has 3 heteroatoms. The molecular formula is C4H7O2Si. The Labute approximate surface area is 46.4 Å². The van der Waals surface area contributed by atoms with Crippen molar-refractivity contribution in [3.63, 3.8) is 0 Å². The average molecular weight is 115 g/mol. The summed E-state index contributed by atoms with van der Waals surface area (Å²) in [7, 11) is 2.61. The third-order valence-corrected chi connectivity index (χ3v) is 0.773. The van der Waals surface area contributed by atoms with E-state index in [9.17, 15) is 4.79 Å². The summed E-state index contributed by atoms with van der Waals surface area (Å²) in [5.41, 5.74) is 0. The van der Waals surface area contributed by atoms with Crippen LogP contribution in [0.5, 0.6) is 0 Å². The van der Waals surface area contributed by atoms with Crippen molar-refractivity contribution in [3.05, 3.63) is 0 Å². The molecule has 0 spiro atoms. The maximum Gasteiger partial charge on any atom is 0.345 e. The van der Waals surface area contributed by atoms with E-state index in [4.69, 9.17) is 0 Å². The lowest BCUT2D eigenvalue weighted by molar-refractivity contribution is -0.137. The SMILES string of the molecule is CC(C)C(=O)O[Si]. The van der Waals surface area contributed by atoms with E-state index >= 15 is 0 Å². The Balaban J connectivity index is 3.35. The lowest BCUT2D eigenvalue weighted by Crippen LogP contribution is -2.08. The van der Waals surface area contributed by atoms with Gasteiger partial charge in [-0.2, -0.15) is 0 Å². The second kappa shape index (κ2) is 2.79. The van der Waals surface area contributed by atoms with Crippen molar-refractivity contribution in [1.82, 2.24) is 0 Å². The topological polar surface area (TPSA) is 26.3 Å². The van der Waals surface area contributed by atoms with Crippen molar-refractivity contribution >= 4 is 16.5 Å². The average Bonchev–Trinajstić information content (AvgIpc) is 1.65. The van der Waals surface area contributed by atoms with Gasteiger partial charge in [-0.05, 0) is 0 Å². The van der Waals surface area contributed by atoms with E-state index in [1.54, 1.807) is 13.8 Å². The third kappa shape index (κ3) is 2.39. The van der Waals surface area contributed by atoms with Gasteiger partial charge in [0, 0.05) is 5.92 Å². The summed E-state index contributed by atoms with van der Waals surface area (Å²) in [5.74, 6) is -0.283. The zero-order valence-corrected chi connectivity index (χ0v) is 5.39. The smallest absolute Gasteiger partial charge is 0.345 e. The van der Waals surface area contributed by atoms with Gasteiger partial charge in [0.25, 0.3) is 5.97 Å². The molecule has 0 aliphatic carbocycles. The minimum Gasteiger partial charge on any atom is -0.516 e. The highest BCUT2D eigenvalue weighted by atomic mass is 28.2. The Morgan fingerprint density at radius 1 is 1.71 bits per heavy atom. The molecule has 0 N–H and O–H groups in total. The van der Waals surface area contributed by atoms with E-state index in [2.05, 4.69) is 14.9 Å². The molecule has 39 valence electrons. The normalized spacial score (nSPS) is 9.14. The molecule has 0 fully saturated rings. The Morgan fingerprint density at radius 3 is 2.14 bits per heavy atom. The van der Waals surface area contributed by atoms with Gasteiger partial charge in [-0.25, -0.2) is 0 Å². The van der Waals surface area contributed by atoms with Crippen LogP contribution >= 0.6 is 0 Å². The van der Waals surface area contributed by atoms with Gasteiger partial charge in [0.05, 0.1) is 0 Å². The zero-order valence-electron chi connectivity index (χ0n) is 4.39. The second-order valence-corrected chi connectivity index (χ2v) is 1.78. The first-order valence-electron chi connectivity index (χ1n) is 2.06. The molecule has 0 unspecified atom stereocenters. The molecule has 0 atom stereocenters. The molecule has 0 aromatic rings. The lowest BCUT2D eigenvalue weighted by atomic mass is 10.2. The highest BCUT2D eigenvalue weighted by Gasteiger charge is 2.02. The van der Waals surface area contributed by atoms with Crippen molar-refractivity contribution < 1.29 is 9.22 Å². The minimum absolute atomic E-state index is 0.0440. The summed E-state index contributed by atoms with van der Waals surface area (Å²) < 4.78 is 4.18. The van der Waals surface area contributed by atoms with Crippen molar-refractivity contribution in [2.24, 2.45) is 5.92 Å². The first kappa shape index (κ1) is 6.69. The zero-order chi connectivity index (χ0) is 5.86. The van der Waals surface area contributed by atoms with Crippen molar-refractivity contribution in [2.45, 2.75) is 13.8 Å². The summed E-state index contributed by atoms with van der Waals surface area (Å²) in [4.78, 5) is 10.2. The van der Waals surface area contributed by atoms with Gasteiger partial charge in [0.1, 0.15) is 0 Å². The quantitative estimate of drug-likeness (QED) is 0.458. The number of carbonyl (C=O) groups excluding carboxylic acids is 1. The largest absolute Gasteiger partial charge is 0.516 e. The Kier molecular flexibility index (Phi) is 2.67. The van der Waals surface area contributed by atoms with Crippen LogP contribution in [-0.2, 0) is 9.22 Å². The minimum atomic E-state index is -0.239. The van der Waals surface area contributed by atoms with Gasteiger partial charge in [-0.3, -0.25) is 4.79 Å². The molecule has 0 aliphatic rings.